The molecule has 0 N–H and O–H groups in total. The van der Waals surface area contributed by atoms with Gasteiger partial charge in [0.15, 0.2) is 21.3 Å². The van der Waals surface area contributed by atoms with Crippen molar-refractivity contribution in [3.8, 4) is 5.82 Å². The van der Waals surface area contributed by atoms with Crippen molar-refractivity contribution in [3.05, 3.63) is 52.2 Å². The maximum Gasteiger partial charge on any atom is 0.417 e. The number of alkyl halides is 6. The van der Waals surface area contributed by atoms with Crippen molar-refractivity contribution >= 4 is 15.5 Å². The highest BCUT2D eigenvalue weighted by atomic mass is 32.2. The third-order valence-corrected chi connectivity index (χ3v) is 5.65. The van der Waals surface area contributed by atoms with Gasteiger partial charge in [-0.15, -0.1) is 5.10 Å². The molecule has 0 aliphatic carbocycles. The van der Waals surface area contributed by atoms with Crippen molar-refractivity contribution in [1.29, 1.82) is 0 Å². The van der Waals surface area contributed by atoms with Crippen molar-refractivity contribution in [2.45, 2.75) is 24.2 Å². The fourth-order valence-electron chi connectivity index (χ4n) is 2.42. The quantitative estimate of drug-likeness (QED) is 0.585. The first-order valence-corrected chi connectivity index (χ1v) is 9.40. The molecule has 3 aromatic rings. The molecule has 0 saturated carbocycles. The van der Waals surface area contributed by atoms with Crippen LogP contribution in [0.1, 0.15) is 18.1 Å². The molecule has 156 valence electrons. The number of sulfone groups is 1. The number of nitrogens with zero attached hydrogens (tertiary/aromatic N) is 4. The van der Waals surface area contributed by atoms with Crippen LogP contribution >= 0.6 is 0 Å². The summed E-state index contributed by atoms with van der Waals surface area (Å²) in [5.41, 5.74) is -4.06. The van der Waals surface area contributed by atoms with Crippen LogP contribution in [0.2, 0.25) is 0 Å². The van der Waals surface area contributed by atoms with Crippen molar-refractivity contribution in [2.24, 2.45) is 0 Å². The van der Waals surface area contributed by atoms with Gasteiger partial charge in [0.05, 0.1) is 16.9 Å². The summed E-state index contributed by atoms with van der Waals surface area (Å²) in [6.45, 7) is 1.17. The van der Waals surface area contributed by atoms with Crippen LogP contribution in [0.5, 0.6) is 0 Å². The Bertz CT molecular complexity index is 1260. The number of fused-ring (bicyclic) bond motifs is 1. The maximum atomic E-state index is 13.0. The Balaban J connectivity index is 2.32. The van der Waals surface area contributed by atoms with E-state index in [1.165, 1.54) is 6.92 Å². The molecule has 0 unspecified atom stereocenters. The summed E-state index contributed by atoms with van der Waals surface area (Å²) in [7, 11) is -4.30. The third kappa shape index (κ3) is 3.71. The summed E-state index contributed by atoms with van der Waals surface area (Å²) in [6, 6.07) is 1.81. The zero-order valence-corrected chi connectivity index (χ0v) is 15.1. The molecule has 0 aliphatic heterocycles. The minimum Gasteiger partial charge on any atom is -0.249 e. The predicted octanol–water partition coefficient (Wildman–Crippen LogP) is 2.71. The highest BCUT2D eigenvalue weighted by Crippen LogP contribution is 2.32. The Hall–Kier alpha value is -2.90. The van der Waals surface area contributed by atoms with Crippen molar-refractivity contribution < 1.29 is 34.8 Å². The van der Waals surface area contributed by atoms with Crippen LogP contribution in [0.25, 0.3) is 11.5 Å². The molecule has 3 aromatic heterocycles. The molecular weight excluding hydrogens is 430 g/mol. The Morgan fingerprint density at radius 1 is 1.03 bits per heavy atom. The van der Waals surface area contributed by atoms with Crippen LogP contribution < -0.4 is 5.69 Å². The summed E-state index contributed by atoms with van der Waals surface area (Å²) in [4.78, 5) is 15.0. The van der Waals surface area contributed by atoms with Gasteiger partial charge in [0.25, 0.3) is 0 Å². The molecule has 3 heterocycles. The number of rotatable bonds is 3. The molecule has 29 heavy (non-hydrogen) atoms. The first kappa shape index (κ1) is 20.8. The van der Waals surface area contributed by atoms with Gasteiger partial charge in [-0.3, -0.25) is 0 Å². The number of halogens is 6. The van der Waals surface area contributed by atoms with Crippen LogP contribution in [0, 0.1) is 0 Å². The predicted molar refractivity (Wildman–Crippen MR) is 86.3 cm³/mol. The SMILES string of the molecule is CCS(=O)(=O)c1cc(C(F)(F)F)cnc1-n1nc2ccc(C(F)(F)F)cn2c1=O. The summed E-state index contributed by atoms with van der Waals surface area (Å²) < 4.78 is 103. The average molecular weight is 440 g/mol. The molecule has 0 radical (unpaired) electrons. The Morgan fingerprint density at radius 3 is 2.21 bits per heavy atom. The number of aromatic nitrogens is 4. The summed E-state index contributed by atoms with van der Waals surface area (Å²) in [5, 5.41) is 3.70. The molecule has 0 aromatic carbocycles. The van der Waals surface area contributed by atoms with E-state index >= 15 is 0 Å². The Labute approximate surface area is 158 Å². The zero-order chi connectivity index (χ0) is 21.8. The minimum absolute atomic E-state index is 0.287. The van der Waals surface area contributed by atoms with E-state index in [0.717, 1.165) is 6.07 Å². The molecule has 0 saturated heterocycles. The van der Waals surface area contributed by atoms with Crippen LogP contribution in [0.4, 0.5) is 26.3 Å². The summed E-state index contributed by atoms with van der Waals surface area (Å²) in [6.07, 6.45) is -8.92. The molecule has 0 spiro atoms. The van der Waals surface area contributed by atoms with Gasteiger partial charge in [-0.05, 0) is 18.2 Å². The number of hydrogen-bond acceptors (Lipinski definition) is 5. The molecule has 0 atom stereocenters. The normalized spacial score (nSPS) is 13.2. The smallest absolute Gasteiger partial charge is 0.249 e. The van der Waals surface area contributed by atoms with Crippen LogP contribution in [-0.2, 0) is 22.2 Å². The number of pyridine rings is 2. The van der Waals surface area contributed by atoms with Crippen LogP contribution in [-0.4, -0.2) is 33.3 Å². The molecule has 0 bridgehead atoms. The third-order valence-electron chi connectivity index (χ3n) is 3.92. The largest absolute Gasteiger partial charge is 0.417 e. The highest BCUT2D eigenvalue weighted by molar-refractivity contribution is 7.91. The van der Waals surface area contributed by atoms with E-state index in [2.05, 4.69) is 10.1 Å². The van der Waals surface area contributed by atoms with E-state index in [-0.39, 0.29) is 5.65 Å². The van der Waals surface area contributed by atoms with Gasteiger partial charge in [0.1, 0.15) is 4.90 Å². The van der Waals surface area contributed by atoms with E-state index in [9.17, 15) is 39.6 Å². The topological polar surface area (TPSA) is 86.3 Å². The molecule has 0 aliphatic rings. The van der Waals surface area contributed by atoms with Gasteiger partial charge in [-0.1, -0.05) is 6.92 Å². The van der Waals surface area contributed by atoms with E-state index in [0.29, 0.717) is 33.6 Å². The molecule has 0 amide bonds. The number of hydrogen-bond donors (Lipinski definition) is 0. The lowest BCUT2D eigenvalue weighted by Gasteiger charge is -2.11. The maximum absolute atomic E-state index is 13.0. The lowest BCUT2D eigenvalue weighted by atomic mass is 10.3. The van der Waals surface area contributed by atoms with Gasteiger partial charge in [0, 0.05) is 12.4 Å². The van der Waals surface area contributed by atoms with Crippen LogP contribution in [0.15, 0.2) is 40.3 Å². The second-order valence-electron chi connectivity index (χ2n) is 5.79. The van der Waals surface area contributed by atoms with Gasteiger partial charge in [-0.25, -0.2) is 22.6 Å². The summed E-state index contributed by atoms with van der Waals surface area (Å²) >= 11 is 0. The first-order valence-electron chi connectivity index (χ1n) is 7.74. The monoisotopic (exact) mass is 440 g/mol. The second kappa shape index (κ2) is 6.57. The summed E-state index contributed by atoms with van der Waals surface area (Å²) in [5.74, 6) is -1.36. The molecular formula is C15H10F6N4O3S. The van der Waals surface area contributed by atoms with Gasteiger partial charge < -0.3 is 0 Å². The second-order valence-corrected chi connectivity index (χ2v) is 8.03. The standard InChI is InChI=1S/C15H10F6N4O3S/c1-2-29(27,28)10-5-9(15(19,20)21)6-22-12(10)25-13(26)24-7-8(14(16,17)18)3-4-11(24)23-25/h3-7H,2H2,1H3. The first-order chi connectivity index (χ1) is 13.3. The lowest BCUT2D eigenvalue weighted by Crippen LogP contribution is -2.24. The van der Waals surface area contributed by atoms with E-state index in [1.54, 1.807) is 0 Å². The minimum atomic E-state index is -4.91. The average Bonchev–Trinajstić information content (AvgIpc) is 2.96. The van der Waals surface area contributed by atoms with Gasteiger partial charge in [0.2, 0.25) is 0 Å². The fraction of sp³-hybridized carbons (Fsp3) is 0.267. The van der Waals surface area contributed by atoms with E-state index in [1.807, 2.05) is 0 Å². The highest BCUT2D eigenvalue weighted by Gasteiger charge is 2.35. The Kier molecular flexibility index (Phi) is 4.72. The van der Waals surface area contributed by atoms with E-state index in [4.69, 9.17) is 0 Å². The Morgan fingerprint density at radius 2 is 1.66 bits per heavy atom. The molecule has 3 rings (SSSR count). The zero-order valence-electron chi connectivity index (χ0n) is 14.3. The van der Waals surface area contributed by atoms with Gasteiger partial charge >= 0.3 is 18.0 Å². The van der Waals surface area contributed by atoms with Crippen LogP contribution in [0.3, 0.4) is 0 Å². The van der Waals surface area contributed by atoms with E-state index < -0.39 is 55.5 Å². The van der Waals surface area contributed by atoms with Gasteiger partial charge in [-0.2, -0.15) is 31.0 Å². The fourth-order valence-corrected chi connectivity index (χ4v) is 3.45. The van der Waals surface area contributed by atoms with Crippen molar-refractivity contribution in [2.75, 3.05) is 5.75 Å². The lowest BCUT2D eigenvalue weighted by molar-refractivity contribution is -0.138. The van der Waals surface area contributed by atoms with Crippen molar-refractivity contribution in [1.82, 2.24) is 19.2 Å². The molecule has 0 fully saturated rings. The van der Waals surface area contributed by atoms with Crippen molar-refractivity contribution in [3.63, 3.8) is 0 Å². The molecule has 7 nitrogen and oxygen atoms in total. The molecule has 14 heteroatoms.